The molecule has 1 aromatic rings. The molecule has 5 heteroatoms. The Balaban J connectivity index is 3.46. The van der Waals surface area contributed by atoms with Gasteiger partial charge in [0, 0.05) is 13.1 Å². The van der Waals surface area contributed by atoms with E-state index in [0.29, 0.717) is 0 Å². The molecule has 0 spiro atoms. The molecule has 5 nitrogen and oxygen atoms in total. The molecule has 0 aromatic carbocycles. The highest BCUT2D eigenvalue weighted by molar-refractivity contribution is 5.32. The van der Waals surface area contributed by atoms with Crippen LogP contribution in [0.2, 0.25) is 0 Å². The van der Waals surface area contributed by atoms with E-state index >= 15 is 0 Å². The first kappa shape index (κ1) is 6.60. The van der Waals surface area contributed by atoms with Crippen molar-refractivity contribution in [2.24, 2.45) is 7.05 Å². The quantitative estimate of drug-likeness (QED) is 0.481. The van der Waals surface area contributed by atoms with Gasteiger partial charge in [0.05, 0.1) is 0 Å². The fourth-order valence-corrected chi connectivity index (χ4v) is 0.576. The zero-order valence-corrected chi connectivity index (χ0v) is 5.53. The Morgan fingerprint density at radius 3 is 2.70 bits per heavy atom. The maximum Gasteiger partial charge on any atom is 0.256 e. The van der Waals surface area contributed by atoms with Crippen LogP contribution < -0.4 is 17.0 Å². The van der Waals surface area contributed by atoms with Gasteiger partial charge in [0.2, 0.25) is 5.95 Å². The molecule has 54 valence electrons. The number of nitrogens with zero attached hydrogens (tertiary/aromatic N) is 2. The number of rotatable bonds is 0. The summed E-state index contributed by atoms with van der Waals surface area (Å²) in [5.41, 5.74) is 10.3. The van der Waals surface area contributed by atoms with Crippen LogP contribution in [0.25, 0.3) is 0 Å². The summed E-state index contributed by atoms with van der Waals surface area (Å²) in [6, 6.07) is 1.22. The molecule has 0 atom stereocenters. The lowest BCUT2D eigenvalue weighted by Gasteiger charge is -2.00. The summed E-state index contributed by atoms with van der Waals surface area (Å²) in [5, 5.41) is 0. The molecular formula is C5H8N4O. The van der Waals surface area contributed by atoms with Crippen LogP contribution in [0, 0.1) is 0 Å². The molecule has 1 heterocycles. The van der Waals surface area contributed by atoms with Crippen molar-refractivity contribution in [2.45, 2.75) is 0 Å². The lowest BCUT2D eigenvalue weighted by molar-refractivity contribution is 0.846. The molecule has 4 N–H and O–H groups in total. The Kier molecular flexibility index (Phi) is 1.33. The molecule has 0 saturated carbocycles. The van der Waals surface area contributed by atoms with Gasteiger partial charge >= 0.3 is 0 Å². The highest BCUT2D eigenvalue weighted by Gasteiger charge is 1.96. The largest absolute Gasteiger partial charge is 0.383 e. The van der Waals surface area contributed by atoms with Crippen LogP contribution in [0.4, 0.5) is 11.8 Å². The van der Waals surface area contributed by atoms with Gasteiger partial charge in [-0.3, -0.25) is 9.36 Å². The Morgan fingerprint density at radius 1 is 1.60 bits per heavy atom. The Bertz CT molecular complexity index is 303. The smallest absolute Gasteiger partial charge is 0.256 e. The third-order valence-corrected chi connectivity index (χ3v) is 1.19. The van der Waals surface area contributed by atoms with Crippen LogP contribution in [0.15, 0.2) is 10.9 Å². The van der Waals surface area contributed by atoms with E-state index in [1.165, 1.54) is 17.7 Å². The highest BCUT2D eigenvalue weighted by Crippen LogP contribution is 1.94. The second-order valence-corrected chi connectivity index (χ2v) is 1.94. The average molecular weight is 140 g/mol. The normalized spacial score (nSPS) is 9.70. The van der Waals surface area contributed by atoms with Crippen molar-refractivity contribution in [1.82, 2.24) is 9.55 Å². The molecule has 1 rings (SSSR count). The van der Waals surface area contributed by atoms with Gasteiger partial charge in [0.1, 0.15) is 5.82 Å². The minimum Gasteiger partial charge on any atom is -0.383 e. The molecular weight excluding hydrogens is 132 g/mol. The van der Waals surface area contributed by atoms with Crippen LogP contribution in [-0.4, -0.2) is 9.55 Å². The van der Waals surface area contributed by atoms with Gasteiger partial charge < -0.3 is 11.5 Å². The summed E-state index contributed by atoms with van der Waals surface area (Å²) in [6.45, 7) is 0. The molecule has 1 aromatic heterocycles. The van der Waals surface area contributed by atoms with Gasteiger partial charge in [-0.05, 0) is 0 Å². The monoisotopic (exact) mass is 140 g/mol. The SMILES string of the molecule is Cn1c(N)nc(N)cc1=O. The maximum absolute atomic E-state index is 10.8. The van der Waals surface area contributed by atoms with Gasteiger partial charge in [-0.2, -0.15) is 4.98 Å². The van der Waals surface area contributed by atoms with E-state index < -0.39 is 0 Å². The van der Waals surface area contributed by atoms with E-state index in [0.717, 1.165) is 0 Å². The van der Waals surface area contributed by atoms with Crippen LogP contribution in [0.1, 0.15) is 0 Å². The van der Waals surface area contributed by atoms with E-state index in [4.69, 9.17) is 11.5 Å². The topological polar surface area (TPSA) is 86.9 Å². The highest BCUT2D eigenvalue weighted by atomic mass is 16.1. The van der Waals surface area contributed by atoms with Gasteiger partial charge in [-0.25, -0.2) is 0 Å². The first-order chi connectivity index (χ1) is 4.61. The molecule has 0 aliphatic heterocycles. The van der Waals surface area contributed by atoms with Crippen LogP contribution in [0.5, 0.6) is 0 Å². The van der Waals surface area contributed by atoms with Gasteiger partial charge in [0.15, 0.2) is 0 Å². The number of anilines is 2. The van der Waals surface area contributed by atoms with Crippen molar-refractivity contribution < 1.29 is 0 Å². The second-order valence-electron chi connectivity index (χ2n) is 1.94. The van der Waals surface area contributed by atoms with E-state index in [-0.39, 0.29) is 17.3 Å². The third-order valence-electron chi connectivity index (χ3n) is 1.19. The van der Waals surface area contributed by atoms with Crippen molar-refractivity contribution >= 4 is 11.8 Å². The van der Waals surface area contributed by atoms with E-state index in [9.17, 15) is 4.79 Å². The summed E-state index contributed by atoms with van der Waals surface area (Å²) in [5.74, 6) is 0.283. The molecule has 0 saturated heterocycles. The van der Waals surface area contributed by atoms with Crippen molar-refractivity contribution in [3.05, 3.63) is 16.4 Å². The molecule has 0 aliphatic rings. The summed E-state index contributed by atoms with van der Waals surface area (Å²) in [4.78, 5) is 14.5. The first-order valence-electron chi connectivity index (χ1n) is 2.70. The number of nitrogens with two attached hydrogens (primary N) is 2. The number of hydrogen-bond acceptors (Lipinski definition) is 4. The molecule has 0 radical (unpaired) electrons. The average Bonchev–Trinajstić information content (AvgIpc) is 1.82. The molecule has 0 fully saturated rings. The number of aromatic nitrogens is 2. The van der Waals surface area contributed by atoms with Crippen molar-refractivity contribution in [3.8, 4) is 0 Å². The Labute approximate surface area is 57.3 Å². The first-order valence-corrected chi connectivity index (χ1v) is 2.70. The van der Waals surface area contributed by atoms with Crippen molar-refractivity contribution in [1.29, 1.82) is 0 Å². The Morgan fingerprint density at radius 2 is 2.20 bits per heavy atom. The predicted octanol–water partition coefficient (Wildman–Crippen LogP) is -1.06. The molecule has 0 amide bonds. The predicted molar refractivity (Wildman–Crippen MR) is 38.3 cm³/mol. The lowest BCUT2D eigenvalue weighted by atomic mass is 10.6. The molecule has 0 unspecified atom stereocenters. The van der Waals surface area contributed by atoms with Gasteiger partial charge in [-0.15, -0.1) is 0 Å². The van der Waals surface area contributed by atoms with Crippen molar-refractivity contribution in [3.63, 3.8) is 0 Å². The summed E-state index contributed by atoms with van der Waals surface area (Å²) in [7, 11) is 1.53. The fourth-order valence-electron chi connectivity index (χ4n) is 0.576. The van der Waals surface area contributed by atoms with Gasteiger partial charge in [-0.1, -0.05) is 0 Å². The Hall–Kier alpha value is -1.52. The summed E-state index contributed by atoms with van der Waals surface area (Å²) < 4.78 is 1.22. The van der Waals surface area contributed by atoms with Gasteiger partial charge in [0.25, 0.3) is 5.56 Å². The number of hydrogen-bond donors (Lipinski definition) is 2. The molecule has 0 aliphatic carbocycles. The minimum absolute atomic E-state index is 0.130. The fraction of sp³-hybridized carbons (Fsp3) is 0.200. The van der Waals surface area contributed by atoms with Crippen LogP contribution in [0.3, 0.4) is 0 Å². The van der Waals surface area contributed by atoms with E-state index in [1.807, 2.05) is 0 Å². The van der Waals surface area contributed by atoms with E-state index in [2.05, 4.69) is 4.98 Å². The van der Waals surface area contributed by atoms with Crippen LogP contribution >= 0.6 is 0 Å². The lowest BCUT2D eigenvalue weighted by Crippen LogP contribution is -2.21. The standard InChI is InChI=1S/C5H8N4O/c1-9-4(10)2-3(6)8-5(9)7/h2H,6H2,1H3,(H2,7,8). The summed E-state index contributed by atoms with van der Waals surface area (Å²) in [6.07, 6.45) is 0. The molecule has 10 heavy (non-hydrogen) atoms. The molecule has 0 bridgehead atoms. The number of nitrogen functional groups attached to an aromatic ring is 2. The zero-order valence-electron chi connectivity index (χ0n) is 5.53. The second kappa shape index (κ2) is 2.02. The summed E-state index contributed by atoms with van der Waals surface area (Å²) >= 11 is 0. The van der Waals surface area contributed by atoms with Crippen LogP contribution in [-0.2, 0) is 7.05 Å². The van der Waals surface area contributed by atoms with Crippen molar-refractivity contribution in [2.75, 3.05) is 11.5 Å². The maximum atomic E-state index is 10.8. The third kappa shape index (κ3) is 0.928. The zero-order chi connectivity index (χ0) is 7.72. The van der Waals surface area contributed by atoms with E-state index in [1.54, 1.807) is 0 Å². The minimum atomic E-state index is -0.245.